The molecule has 0 spiro atoms. The minimum absolute atomic E-state index is 0.0275. The molecule has 84 valence electrons. The number of nitrogens with one attached hydrogen (secondary N) is 1. The zero-order valence-electron chi connectivity index (χ0n) is 8.72. The zero-order valence-corrected chi connectivity index (χ0v) is 10.3. The lowest BCUT2D eigenvalue weighted by Gasteiger charge is -2.08. The van der Waals surface area contributed by atoms with Gasteiger partial charge >= 0.3 is 0 Å². The molecule has 2 atom stereocenters. The summed E-state index contributed by atoms with van der Waals surface area (Å²) in [6.45, 7) is 2.52. The van der Waals surface area contributed by atoms with Gasteiger partial charge in [0.05, 0.1) is 0 Å². The molecule has 0 aromatic heterocycles. The Bertz CT molecular complexity index is 199. The van der Waals surface area contributed by atoms with Crippen LogP contribution in [0.2, 0.25) is 0 Å². The van der Waals surface area contributed by atoms with Gasteiger partial charge in [-0.05, 0) is 12.8 Å². The van der Waals surface area contributed by atoms with Gasteiger partial charge in [0, 0.05) is 41.2 Å². The summed E-state index contributed by atoms with van der Waals surface area (Å²) in [5.41, 5.74) is 0. The molecule has 5 heteroatoms. The van der Waals surface area contributed by atoms with E-state index in [4.69, 9.17) is 11.6 Å². The highest BCUT2D eigenvalue weighted by Crippen LogP contribution is 1.98. The number of rotatable bonds is 7. The summed E-state index contributed by atoms with van der Waals surface area (Å²) in [5, 5.41) is 2.91. The highest BCUT2D eigenvalue weighted by Gasteiger charge is 2.06. The molecule has 0 rings (SSSR count). The van der Waals surface area contributed by atoms with E-state index in [0.717, 1.165) is 6.42 Å². The molecule has 14 heavy (non-hydrogen) atoms. The van der Waals surface area contributed by atoms with Crippen molar-refractivity contribution in [1.82, 2.24) is 5.32 Å². The number of carbonyl (C=O) groups is 1. The standard InChI is InChI=1S/C9H18ClNO2S/c1-8(14(2)13)5-7-11-9(12)4-3-6-10/h8H,3-7H2,1-2H3,(H,11,12). The molecule has 0 aliphatic rings. The first-order chi connectivity index (χ1) is 6.57. The van der Waals surface area contributed by atoms with E-state index in [-0.39, 0.29) is 11.2 Å². The monoisotopic (exact) mass is 239 g/mol. The molecule has 0 radical (unpaired) electrons. The summed E-state index contributed by atoms with van der Waals surface area (Å²) in [6, 6.07) is 0. The molecule has 0 bridgehead atoms. The molecule has 0 fully saturated rings. The Morgan fingerprint density at radius 2 is 2.21 bits per heavy atom. The molecule has 1 amide bonds. The van der Waals surface area contributed by atoms with Crippen LogP contribution in [-0.4, -0.2) is 34.0 Å². The smallest absolute Gasteiger partial charge is 0.220 e. The fourth-order valence-corrected chi connectivity index (χ4v) is 1.48. The third-order valence-corrected chi connectivity index (χ3v) is 3.61. The quantitative estimate of drug-likeness (QED) is 0.681. The van der Waals surface area contributed by atoms with E-state index in [1.54, 1.807) is 6.26 Å². The summed E-state index contributed by atoms with van der Waals surface area (Å²) >= 11 is 5.45. The number of hydrogen-bond donors (Lipinski definition) is 1. The third kappa shape index (κ3) is 7.33. The van der Waals surface area contributed by atoms with Crippen molar-refractivity contribution in [2.45, 2.75) is 31.4 Å². The van der Waals surface area contributed by atoms with Crippen LogP contribution in [0.1, 0.15) is 26.2 Å². The first-order valence-electron chi connectivity index (χ1n) is 4.72. The fraction of sp³-hybridized carbons (Fsp3) is 0.889. The molecule has 0 aliphatic carbocycles. The van der Waals surface area contributed by atoms with Gasteiger partial charge in [-0.25, -0.2) is 0 Å². The Hall–Kier alpha value is -0.0900. The van der Waals surface area contributed by atoms with E-state index < -0.39 is 10.8 Å². The van der Waals surface area contributed by atoms with E-state index in [1.807, 2.05) is 6.92 Å². The van der Waals surface area contributed by atoms with Gasteiger partial charge in [-0.1, -0.05) is 6.92 Å². The van der Waals surface area contributed by atoms with E-state index >= 15 is 0 Å². The minimum atomic E-state index is -0.803. The number of halogens is 1. The molecule has 3 nitrogen and oxygen atoms in total. The lowest BCUT2D eigenvalue weighted by atomic mass is 10.3. The second-order valence-corrected chi connectivity index (χ2v) is 5.42. The van der Waals surface area contributed by atoms with Gasteiger partial charge in [-0.3, -0.25) is 9.00 Å². The Morgan fingerprint density at radius 3 is 2.71 bits per heavy atom. The van der Waals surface area contributed by atoms with Gasteiger partial charge in [0.2, 0.25) is 5.91 Å². The van der Waals surface area contributed by atoms with Gasteiger partial charge in [0.25, 0.3) is 0 Å². The molecule has 2 unspecified atom stereocenters. The Kier molecular flexibility index (Phi) is 8.18. The predicted octanol–water partition coefficient (Wildman–Crippen LogP) is 1.28. The van der Waals surface area contributed by atoms with Crippen molar-refractivity contribution in [2.24, 2.45) is 0 Å². The van der Waals surface area contributed by atoms with Crippen LogP contribution in [0, 0.1) is 0 Å². The predicted molar refractivity (Wildman–Crippen MR) is 61.1 cm³/mol. The van der Waals surface area contributed by atoms with E-state index in [9.17, 15) is 9.00 Å². The molecular formula is C9H18ClNO2S. The van der Waals surface area contributed by atoms with Crippen molar-refractivity contribution in [3.63, 3.8) is 0 Å². The van der Waals surface area contributed by atoms with Crippen LogP contribution in [0.25, 0.3) is 0 Å². The molecular weight excluding hydrogens is 222 g/mol. The highest BCUT2D eigenvalue weighted by atomic mass is 35.5. The van der Waals surface area contributed by atoms with Crippen molar-refractivity contribution in [2.75, 3.05) is 18.7 Å². The van der Waals surface area contributed by atoms with Crippen LogP contribution >= 0.6 is 11.6 Å². The Labute approximate surface area is 93.0 Å². The van der Waals surface area contributed by atoms with Gasteiger partial charge in [0.15, 0.2) is 0 Å². The van der Waals surface area contributed by atoms with Crippen LogP contribution in [0.15, 0.2) is 0 Å². The molecule has 0 aromatic rings. The number of amides is 1. The van der Waals surface area contributed by atoms with Crippen molar-refractivity contribution in [1.29, 1.82) is 0 Å². The lowest BCUT2D eigenvalue weighted by Crippen LogP contribution is -2.27. The zero-order chi connectivity index (χ0) is 11.0. The first kappa shape index (κ1) is 13.9. The normalized spacial score (nSPS) is 14.8. The summed E-state index contributed by atoms with van der Waals surface area (Å²) in [5.74, 6) is 0.544. The maximum atomic E-state index is 11.1. The van der Waals surface area contributed by atoms with Crippen LogP contribution in [0.5, 0.6) is 0 Å². The molecule has 0 saturated heterocycles. The van der Waals surface area contributed by atoms with Crippen LogP contribution in [-0.2, 0) is 15.6 Å². The Morgan fingerprint density at radius 1 is 1.57 bits per heavy atom. The fourth-order valence-electron chi connectivity index (χ4n) is 0.897. The lowest BCUT2D eigenvalue weighted by molar-refractivity contribution is -0.121. The van der Waals surface area contributed by atoms with Gasteiger partial charge in [-0.2, -0.15) is 0 Å². The molecule has 0 aromatic carbocycles. The summed E-state index contributed by atoms with van der Waals surface area (Å²) in [6.07, 6.45) is 3.63. The Balaban J connectivity index is 3.44. The first-order valence-corrected chi connectivity index (χ1v) is 6.88. The number of carbonyl (C=O) groups excluding carboxylic acids is 1. The van der Waals surface area contributed by atoms with E-state index in [2.05, 4.69) is 5.32 Å². The molecule has 0 heterocycles. The van der Waals surface area contributed by atoms with Gasteiger partial charge in [0.1, 0.15) is 0 Å². The van der Waals surface area contributed by atoms with Crippen molar-refractivity contribution >= 4 is 28.3 Å². The SMILES string of the molecule is CC(CCNC(=O)CCCCl)S(C)=O. The second kappa shape index (κ2) is 8.24. The van der Waals surface area contributed by atoms with Crippen LogP contribution < -0.4 is 5.32 Å². The van der Waals surface area contributed by atoms with Crippen LogP contribution in [0.3, 0.4) is 0 Å². The maximum Gasteiger partial charge on any atom is 0.220 e. The third-order valence-electron chi connectivity index (χ3n) is 1.98. The van der Waals surface area contributed by atoms with E-state index in [1.165, 1.54) is 0 Å². The summed E-state index contributed by atoms with van der Waals surface area (Å²) < 4.78 is 11.0. The van der Waals surface area contributed by atoms with Crippen molar-refractivity contribution in [3.8, 4) is 0 Å². The van der Waals surface area contributed by atoms with Crippen molar-refractivity contribution in [3.05, 3.63) is 0 Å². The summed E-state index contributed by atoms with van der Waals surface area (Å²) in [4.78, 5) is 11.1. The molecule has 0 saturated carbocycles. The topological polar surface area (TPSA) is 46.2 Å². The van der Waals surface area contributed by atoms with E-state index in [0.29, 0.717) is 25.3 Å². The summed E-state index contributed by atoms with van der Waals surface area (Å²) in [7, 11) is -0.803. The maximum absolute atomic E-state index is 11.1. The van der Waals surface area contributed by atoms with Crippen molar-refractivity contribution < 1.29 is 9.00 Å². The second-order valence-electron chi connectivity index (χ2n) is 3.24. The molecule has 1 N–H and O–H groups in total. The average Bonchev–Trinajstić information content (AvgIpc) is 2.14. The van der Waals surface area contributed by atoms with Crippen LogP contribution in [0.4, 0.5) is 0 Å². The number of alkyl halides is 1. The number of hydrogen-bond acceptors (Lipinski definition) is 2. The largest absolute Gasteiger partial charge is 0.356 e. The van der Waals surface area contributed by atoms with Gasteiger partial charge in [-0.15, -0.1) is 11.6 Å². The minimum Gasteiger partial charge on any atom is -0.356 e. The molecule has 0 aliphatic heterocycles. The average molecular weight is 240 g/mol. The highest BCUT2D eigenvalue weighted by molar-refractivity contribution is 7.84. The van der Waals surface area contributed by atoms with Gasteiger partial charge < -0.3 is 5.32 Å².